The molecule has 0 bridgehead atoms. The molecule has 0 spiro atoms. The largest absolute Gasteiger partial charge is 0.457 e. The average Bonchev–Trinajstić information content (AvgIpc) is 3.22. The van der Waals surface area contributed by atoms with Gasteiger partial charge in [0.2, 0.25) is 5.91 Å². The first-order valence-electron chi connectivity index (χ1n) is 10.9. The van der Waals surface area contributed by atoms with E-state index in [0.29, 0.717) is 17.1 Å². The molecule has 0 radical (unpaired) electrons. The first-order valence-corrected chi connectivity index (χ1v) is 11.8. The molecule has 2 heterocycles. The number of nitrogens with zero attached hydrogens (tertiary/aromatic N) is 2. The van der Waals surface area contributed by atoms with E-state index in [1.807, 2.05) is 36.4 Å². The number of rotatable bonds is 6. The van der Waals surface area contributed by atoms with E-state index < -0.39 is 5.91 Å². The standard InChI is InChI=1S/C25H24N4O3S.CH4/c26-24(31)16-7-5-15(6-8-16)21-13-18(11-12-27-21)32-17-9-10-20-23(14-17)33-25(29-20)28-19-3-1-2-4-22(19)30;/h5-14,19,22,30H,1-4H2,(H2,26,31)(H,28,29);1H4/t19-,22-;/m1./s1. The number of aliphatic hydroxyl groups is 1. The summed E-state index contributed by atoms with van der Waals surface area (Å²) in [7, 11) is 0. The van der Waals surface area contributed by atoms with Crippen LogP contribution in [0.15, 0.2) is 60.8 Å². The monoisotopic (exact) mass is 476 g/mol. The van der Waals surface area contributed by atoms with Crippen molar-refractivity contribution in [2.75, 3.05) is 5.32 Å². The molecule has 1 saturated carbocycles. The van der Waals surface area contributed by atoms with Crippen LogP contribution in [0.4, 0.5) is 5.13 Å². The minimum atomic E-state index is -0.460. The number of anilines is 1. The number of carbonyl (C=O) groups excluding carboxylic acids is 1. The summed E-state index contributed by atoms with van der Waals surface area (Å²) in [6.45, 7) is 0. The van der Waals surface area contributed by atoms with Crippen molar-refractivity contribution in [2.24, 2.45) is 5.73 Å². The Labute approximate surface area is 202 Å². The maximum absolute atomic E-state index is 11.3. The van der Waals surface area contributed by atoms with E-state index in [4.69, 9.17) is 10.5 Å². The number of ether oxygens (including phenoxy) is 1. The van der Waals surface area contributed by atoms with Crippen LogP contribution in [0.5, 0.6) is 11.5 Å². The van der Waals surface area contributed by atoms with E-state index in [1.165, 1.54) is 0 Å². The number of hydrogen-bond acceptors (Lipinski definition) is 7. The lowest BCUT2D eigenvalue weighted by molar-refractivity contribution is 0.1000. The molecule has 34 heavy (non-hydrogen) atoms. The van der Waals surface area contributed by atoms with E-state index >= 15 is 0 Å². The van der Waals surface area contributed by atoms with Crippen LogP contribution in [-0.2, 0) is 0 Å². The van der Waals surface area contributed by atoms with Gasteiger partial charge in [0.05, 0.1) is 28.1 Å². The Kier molecular flexibility index (Phi) is 7.09. The van der Waals surface area contributed by atoms with Crippen LogP contribution in [0.25, 0.3) is 21.5 Å². The summed E-state index contributed by atoms with van der Waals surface area (Å²) >= 11 is 1.56. The van der Waals surface area contributed by atoms with Gasteiger partial charge in [-0.25, -0.2) is 4.98 Å². The lowest BCUT2D eigenvalue weighted by Crippen LogP contribution is -2.36. The zero-order chi connectivity index (χ0) is 22.8. The summed E-state index contributed by atoms with van der Waals surface area (Å²) < 4.78 is 7.10. The van der Waals surface area contributed by atoms with Crippen molar-refractivity contribution in [3.8, 4) is 22.8 Å². The lowest BCUT2D eigenvalue weighted by Gasteiger charge is -2.27. The van der Waals surface area contributed by atoms with E-state index in [-0.39, 0.29) is 19.6 Å². The van der Waals surface area contributed by atoms with Crippen molar-refractivity contribution < 1.29 is 14.6 Å². The third-order valence-electron chi connectivity index (χ3n) is 5.83. The normalized spacial score (nSPS) is 17.7. The summed E-state index contributed by atoms with van der Waals surface area (Å²) in [5.41, 5.74) is 8.26. The second-order valence-electron chi connectivity index (χ2n) is 8.17. The summed E-state index contributed by atoms with van der Waals surface area (Å²) in [5.74, 6) is 0.904. The molecule has 1 aliphatic rings. The maximum atomic E-state index is 11.3. The van der Waals surface area contributed by atoms with Gasteiger partial charge in [-0.3, -0.25) is 9.78 Å². The maximum Gasteiger partial charge on any atom is 0.248 e. The number of nitrogens with two attached hydrogens (primary N) is 1. The van der Waals surface area contributed by atoms with E-state index in [2.05, 4.69) is 15.3 Å². The molecule has 0 unspecified atom stereocenters. The number of fused-ring (bicyclic) bond motifs is 1. The van der Waals surface area contributed by atoms with E-state index in [1.54, 1.807) is 35.7 Å². The topological polar surface area (TPSA) is 110 Å². The third-order valence-corrected chi connectivity index (χ3v) is 6.78. The zero-order valence-corrected chi connectivity index (χ0v) is 18.7. The molecule has 1 aliphatic carbocycles. The number of primary amides is 1. The summed E-state index contributed by atoms with van der Waals surface area (Å²) in [5, 5.41) is 14.4. The van der Waals surface area contributed by atoms with Crippen LogP contribution in [0.1, 0.15) is 43.5 Å². The van der Waals surface area contributed by atoms with Crippen LogP contribution >= 0.6 is 11.3 Å². The molecule has 4 N–H and O–H groups in total. The highest BCUT2D eigenvalue weighted by Crippen LogP contribution is 2.33. The molecule has 1 fully saturated rings. The number of aliphatic hydroxyl groups excluding tert-OH is 1. The van der Waals surface area contributed by atoms with Gasteiger partial charge in [0.15, 0.2) is 5.13 Å². The van der Waals surface area contributed by atoms with Crippen molar-refractivity contribution >= 4 is 32.6 Å². The smallest absolute Gasteiger partial charge is 0.248 e. The van der Waals surface area contributed by atoms with Crippen LogP contribution in [0.3, 0.4) is 0 Å². The van der Waals surface area contributed by atoms with Crippen LogP contribution in [0, 0.1) is 0 Å². The number of pyridine rings is 1. The van der Waals surface area contributed by atoms with Gasteiger partial charge < -0.3 is 20.9 Å². The van der Waals surface area contributed by atoms with Gasteiger partial charge in [0, 0.05) is 29.5 Å². The van der Waals surface area contributed by atoms with Crippen molar-refractivity contribution in [3.05, 3.63) is 66.4 Å². The Hall–Kier alpha value is -3.49. The second kappa shape index (κ2) is 10.2. The zero-order valence-electron chi connectivity index (χ0n) is 17.9. The predicted molar refractivity (Wildman–Crippen MR) is 137 cm³/mol. The van der Waals surface area contributed by atoms with Crippen molar-refractivity contribution in [2.45, 2.75) is 45.3 Å². The van der Waals surface area contributed by atoms with Gasteiger partial charge in [-0.05, 0) is 43.2 Å². The third kappa shape index (κ3) is 5.18. The van der Waals surface area contributed by atoms with E-state index in [0.717, 1.165) is 52.3 Å². The molecule has 176 valence electrons. The highest BCUT2D eigenvalue weighted by Gasteiger charge is 2.23. The molecule has 7 nitrogen and oxygen atoms in total. The van der Waals surface area contributed by atoms with Gasteiger partial charge in [0.1, 0.15) is 11.5 Å². The number of benzene rings is 2. The van der Waals surface area contributed by atoms with Gasteiger partial charge in [-0.15, -0.1) is 0 Å². The van der Waals surface area contributed by atoms with Crippen LogP contribution in [0.2, 0.25) is 0 Å². The lowest BCUT2D eigenvalue weighted by atomic mass is 9.93. The van der Waals surface area contributed by atoms with Crippen LogP contribution < -0.4 is 15.8 Å². The van der Waals surface area contributed by atoms with Gasteiger partial charge >= 0.3 is 0 Å². The van der Waals surface area contributed by atoms with Crippen molar-refractivity contribution in [1.29, 1.82) is 0 Å². The van der Waals surface area contributed by atoms with Crippen LogP contribution in [-0.4, -0.2) is 33.1 Å². The Bertz CT molecular complexity index is 1290. The minimum Gasteiger partial charge on any atom is -0.457 e. The first-order chi connectivity index (χ1) is 16.0. The highest BCUT2D eigenvalue weighted by atomic mass is 32.1. The fraction of sp³-hybridized carbons (Fsp3) is 0.269. The average molecular weight is 477 g/mol. The number of hydrogen-bond donors (Lipinski definition) is 3. The predicted octanol–water partition coefficient (Wildman–Crippen LogP) is 5.60. The molecule has 5 rings (SSSR count). The molecule has 1 amide bonds. The highest BCUT2D eigenvalue weighted by molar-refractivity contribution is 7.22. The SMILES string of the molecule is C.NC(=O)c1ccc(-c2cc(Oc3ccc4nc(N[C@@H]5CCCC[C@H]5O)sc4c3)ccn2)cc1. The molecule has 2 aromatic heterocycles. The first kappa shape index (κ1) is 23.7. The molecule has 0 saturated heterocycles. The fourth-order valence-electron chi connectivity index (χ4n) is 4.04. The van der Waals surface area contributed by atoms with Gasteiger partial charge in [-0.1, -0.05) is 43.7 Å². The molecule has 8 heteroatoms. The second-order valence-corrected chi connectivity index (χ2v) is 9.20. The molecule has 2 atom stereocenters. The summed E-state index contributed by atoms with van der Waals surface area (Å²) in [6.07, 6.45) is 5.37. The number of nitrogens with one attached hydrogen (secondary N) is 1. The van der Waals surface area contributed by atoms with E-state index in [9.17, 15) is 9.90 Å². The Morgan fingerprint density at radius 3 is 2.59 bits per heavy atom. The van der Waals surface area contributed by atoms with Crippen molar-refractivity contribution in [1.82, 2.24) is 9.97 Å². The fourth-order valence-corrected chi connectivity index (χ4v) is 5.00. The summed E-state index contributed by atoms with van der Waals surface area (Å²) in [6, 6.07) is 16.5. The quantitative estimate of drug-likeness (QED) is 0.334. The Morgan fingerprint density at radius 1 is 1.06 bits per heavy atom. The summed E-state index contributed by atoms with van der Waals surface area (Å²) in [4.78, 5) is 20.4. The molecule has 0 aliphatic heterocycles. The molecule has 4 aromatic rings. The minimum absolute atomic E-state index is 0. The van der Waals surface area contributed by atoms with Crippen molar-refractivity contribution in [3.63, 3.8) is 0 Å². The number of aromatic nitrogens is 2. The number of amides is 1. The number of thiazole rings is 1. The molecular weight excluding hydrogens is 448 g/mol. The Morgan fingerprint density at radius 2 is 1.82 bits per heavy atom. The van der Waals surface area contributed by atoms with Gasteiger partial charge in [0.25, 0.3) is 0 Å². The Balaban J connectivity index is 0.00000274. The molecule has 2 aromatic carbocycles. The van der Waals surface area contributed by atoms with Gasteiger partial charge in [-0.2, -0.15) is 0 Å². The number of carbonyl (C=O) groups is 1. The molecular formula is C26H28N4O3S.